The zero-order chi connectivity index (χ0) is 10.8. The molecular formula is C11H19N3S. The summed E-state index contributed by atoms with van der Waals surface area (Å²) in [4.78, 5) is 7.03. The van der Waals surface area contributed by atoms with Crippen molar-refractivity contribution in [3.63, 3.8) is 0 Å². The SMILES string of the molecule is Cc1csc(CN2CCNC(C)C2C)n1. The Hall–Kier alpha value is -0.450. The van der Waals surface area contributed by atoms with Gasteiger partial charge in [-0.3, -0.25) is 4.90 Å². The fraction of sp³-hybridized carbons (Fsp3) is 0.727. The topological polar surface area (TPSA) is 28.2 Å². The van der Waals surface area contributed by atoms with E-state index in [1.165, 1.54) is 5.01 Å². The van der Waals surface area contributed by atoms with E-state index in [4.69, 9.17) is 0 Å². The number of thiazole rings is 1. The molecule has 0 saturated carbocycles. The molecule has 0 spiro atoms. The number of hydrogen-bond donors (Lipinski definition) is 1. The first-order chi connectivity index (χ1) is 7.16. The fourth-order valence-corrected chi connectivity index (χ4v) is 2.79. The molecule has 2 rings (SSSR count). The van der Waals surface area contributed by atoms with Crippen molar-refractivity contribution in [3.05, 3.63) is 16.1 Å². The van der Waals surface area contributed by atoms with Crippen LogP contribution in [0, 0.1) is 6.92 Å². The number of nitrogens with zero attached hydrogens (tertiary/aromatic N) is 2. The van der Waals surface area contributed by atoms with Gasteiger partial charge >= 0.3 is 0 Å². The predicted molar refractivity (Wildman–Crippen MR) is 64.2 cm³/mol. The first kappa shape index (κ1) is 11.0. The third-order valence-electron chi connectivity index (χ3n) is 3.17. The second-order valence-corrected chi connectivity index (χ2v) is 5.28. The Labute approximate surface area is 95.5 Å². The molecule has 1 fully saturated rings. The van der Waals surface area contributed by atoms with Crippen molar-refractivity contribution in [1.29, 1.82) is 0 Å². The summed E-state index contributed by atoms with van der Waals surface area (Å²) < 4.78 is 0. The fourth-order valence-electron chi connectivity index (χ4n) is 2.00. The molecule has 0 amide bonds. The molecule has 1 aromatic rings. The van der Waals surface area contributed by atoms with E-state index in [1.54, 1.807) is 11.3 Å². The van der Waals surface area contributed by atoms with E-state index >= 15 is 0 Å². The molecule has 1 N–H and O–H groups in total. The average Bonchev–Trinajstić information content (AvgIpc) is 2.59. The number of nitrogens with one attached hydrogen (secondary N) is 1. The molecule has 0 aliphatic carbocycles. The van der Waals surface area contributed by atoms with E-state index in [0.29, 0.717) is 12.1 Å². The van der Waals surface area contributed by atoms with Crippen LogP contribution in [0.15, 0.2) is 5.38 Å². The van der Waals surface area contributed by atoms with Crippen LogP contribution in [-0.2, 0) is 6.54 Å². The standard InChI is InChI=1S/C11H19N3S/c1-8-7-15-11(13-8)6-14-5-4-12-9(2)10(14)3/h7,9-10,12H,4-6H2,1-3H3. The number of piperazine rings is 1. The third-order valence-corrected chi connectivity index (χ3v) is 4.12. The first-order valence-electron chi connectivity index (χ1n) is 5.55. The Morgan fingerprint density at radius 3 is 3.07 bits per heavy atom. The predicted octanol–water partition coefficient (Wildman–Crippen LogP) is 1.63. The Kier molecular flexibility index (Phi) is 3.38. The van der Waals surface area contributed by atoms with Crippen LogP contribution >= 0.6 is 11.3 Å². The highest BCUT2D eigenvalue weighted by Gasteiger charge is 2.24. The average molecular weight is 225 g/mol. The molecule has 1 aliphatic rings. The molecule has 15 heavy (non-hydrogen) atoms. The monoisotopic (exact) mass is 225 g/mol. The summed E-state index contributed by atoms with van der Waals surface area (Å²) in [6.45, 7) is 9.83. The maximum absolute atomic E-state index is 4.52. The molecule has 2 heterocycles. The lowest BCUT2D eigenvalue weighted by Crippen LogP contribution is -2.54. The Bertz CT molecular complexity index is 323. The van der Waals surface area contributed by atoms with Crippen LogP contribution in [0.5, 0.6) is 0 Å². The van der Waals surface area contributed by atoms with Crippen molar-refractivity contribution in [3.8, 4) is 0 Å². The van der Waals surface area contributed by atoms with Gasteiger partial charge in [-0.25, -0.2) is 4.98 Å². The molecule has 1 aliphatic heterocycles. The second kappa shape index (κ2) is 4.60. The van der Waals surface area contributed by atoms with Gasteiger partial charge < -0.3 is 5.32 Å². The van der Waals surface area contributed by atoms with Crippen molar-refractivity contribution in [2.45, 2.75) is 39.4 Å². The lowest BCUT2D eigenvalue weighted by atomic mass is 10.1. The van der Waals surface area contributed by atoms with E-state index in [0.717, 1.165) is 25.3 Å². The number of rotatable bonds is 2. The van der Waals surface area contributed by atoms with E-state index < -0.39 is 0 Å². The summed E-state index contributed by atoms with van der Waals surface area (Å²) in [6.07, 6.45) is 0. The van der Waals surface area contributed by atoms with Gasteiger partial charge in [0.1, 0.15) is 5.01 Å². The molecule has 84 valence electrons. The summed E-state index contributed by atoms with van der Waals surface area (Å²) in [6, 6.07) is 1.18. The molecular weight excluding hydrogens is 206 g/mol. The van der Waals surface area contributed by atoms with Crippen LogP contribution in [0.25, 0.3) is 0 Å². The zero-order valence-corrected chi connectivity index (χ0v) is 10.5. The van der Waals surface area contributed by atoms with Crippen LogP contribution in [0.2, 0.25) is 0 Å². The normalized spacial score (nSPS) is 28.2. The molecule has 0 aromatic carbocycles. The van der Waals surface area contributed by atoms with Crippen molar-refractivity contribution in [2.24, 2.45) is 0 Å². The van der Waals surface area contributed by atoms with Crippen LogP contribution < -0.4 is 5.32 Å². The highest BCUT2D eigenvalue weighted by molar-refractivity contribution is 7.09. The Balaban J connectivity index is 1.99. The van der Waals surface area contributed by atoms with Crippen molar-refractivity contribution >= 4 is 11.3 Å². The molecule has 0 bridgehead atoms. The number of aryl methyl sites for hydroxylation is 1. The number of aromatic nitrogens is 1. The van der Waals surface area contributed by atoms with Gasteiger partial charge in [-0.15, -0.1) is 11.3 Å². The first-order valence-corrected chi connectivity index (χ1v) is 6.43. The minimum Gasteiger partial charge on any atom is -0.311 e. The van der Waals surface area contributed by atoms with Crippen LogP contribution in [0.3, 0.4) is 0 Å². The van der Waals surface area contributed by atoms with Crippen molar-refractivity contribution < 1.29 is 0 Å². The Morgan fingerprint density at radius 1 is 1.60 bits per heavy atom. The van der Waals surface area contributed by atoms with Crippen molar-refractivity contribution in [1.82, 2.24) is 15.2 Å². The smallest absolute Gasteiger partial charge is 0.107 e. The summed E-state index contributed by atoms with van der Waals surface area (Å²) in [7, 11) is 0. The maximum atomic E-state index is 4.52. The third kappa shape index (κ3) is 2.56. The zero-order valence-electron chi connectivity index (χ0n) is 9.66. The summed E-state index contributed by atoms with van der Waals surface area (Å²) in [5, 5.41) is 6.87. The minimum atomic E-state index is 0.583. The van der Waals surface area contributed by atoms with Gasteiger partial charge in [-0.05, 0) is 20.8 Å². The maximum Gasteiger partial charge on any atom is 0.107 e. The van der Waals surface area contributed by atoms with E-state index in [1.807, 2.05) is 0 Å². The molecule has 4 heteroatoms. The van der Waals surface area contributed by atoms with Gasteiger partial charge in [0.05, 0.1) is 6.54 Å². The van der Waals surface area contributed by atoms with Gasteiger partial charge in [0.2, 0.25) is 0 Å². The van der Waals surface area contributed by atoms with Gasteiger partial charge in [0.25, 0.3) is 0 Å². The largest absolute Gasteiger partial charge is 0.311 e. The van der Waals surface area contributed by atoms with E-state index in [2.05, 4.69) is 41.4 Å². The molecule has 1 aromatic heterocycles. The second-order valence-electron chi connectivity index (χ2n) is 4.34. The van der Waals surface area contributed by atoms with Crippen molar-refractivity contribution in [2.75, 3.05) is 13.1 Å². The lowest BCUT2D eigenvalue weighted by Gasteiger charge is -2.38. The van der Waals surface area contributed by atoms with Gasteiger partial charge in [-0.2, -0.15) is 0 Å². The summed E-state index contributed by atoms with van der Waals surface area (Å²) >= 11 is 1.77. The van der Waals surface area contributed by atoms with Crippen LogP contribution in [-0.4, -0.2) is 35.1 Å². The molecule has 0 radical (unpaired) electrons. The molecule has 2 unspecified atom stereocenters. The summed E-state index contributed by atoms with van der Waals surface area (Å²) in [5.41, 5.74) is 1.14. The van der Waals surface area contributed by atoms with Gasteiger partial charge in [-0.1, -0.05) is 0 Å². The molecule has 3 nitrogen and oxygen atoms in total. The highest BCUT2D eigenvalue weighted by atomic mass is 32.1. The minimum absolute atomic E-state index is 0.583. The van der Waals surface area contributed by atoms with E-state index in [-0.39, 0.29) is 0 Å². The van der Waals surface area contributed by atoms with Gasteiger partial charge in [0, 0.05) is 36.2 Å². The highest BCUT2D eigenvalue weighted by Crippen LogP contribution is 2.16. The van der Waals surface area contributed by atoms with Crippen LogP contribution in [0.1, 0.15) is 24.5 Å². The van der Waals surface area contributed by atoms with E-state index in [9.17, 15) is 0 Å². The van der Waals surface area contributed by atoms with Crippen LogP contribution in [0.4, 0.5) is 0 Å². The number of hydrogen-bond acceptors (Lipinski definition) is 4. The van der Waals surface area contributed by atoms with Gasteiger partial charge in [0.15, 0.2) is 0 Å². The molecule has 1 saturated heterocycles. The molecule has 2 atom stereocenters. The summed E-state index contributed by atoms with van der Waals surface area (Å²) in [5.74, 6) is 0. The quantitative estimate of drug-likeness (QED) is 0.829. The Morgan fingerprint density at radius 2 is 2.40 bits per heavy atom. The lowest BCUT2D eigenvalue weighted by molar-refractivity contribution is 0.130.